The summed E-state index contributed by atoms with van der Waals surface area (Å²) >= 11 is 0. The van der Waals surface area contributed by atoms with Crippen molar-refractivity contribution in [2.75, 3.05) is 13.7 Å². The maximum atomic E-state index is 6.08. The van der Waals surface area contributed by atoms with Crippen LogP contribution in [0.4, 0.5) is 0 Å². The highest BCUT2D eigenvalue weighted by Crippen LogP contribution is 2.33. The molecule has 1 atom stereocenters. The lowest BCUT2D eigenvalue weighted by Gasteiger charge is -2.17. The summed E-state index contributed by atoms with van der Waals surface area (Å²) < 4.78 is 5.23. The third kappa shape index (κ3) is 2.41. The van der Waals surface area contributed by atoms with Crippen LogP contribution in [-0.4, -0.2) is 18.6 Å². The van der Waals surface area contributed by atoms with Crippen LogP contribution in [0, 0.1) is 6.92 Å². The van der Waals surface area contributed by atoms with Crippen molar-refractivity contribution in [3.63, 3.8) is 0 Å². The Balaban J connectivity index is 2.11. The molecule has 0 radical (unpaired) electrons. The van der Waals surface area contributed by atoms with E-state index in [1.54, 1.807) is 7.11 Å². The number of fused-ring (bicyclic) bond motifs is 1. The number of methoxy groups -OCH3 is 1. The van der Waals surface area contributed by atoms with Gasteiger partial charge in [0.2, 0.25) is 0 Å². The van der Waals surface area contributed by atoms with Gasteiger partial charge >= 0.3 is 0 Å². The smallest absolute Gasteiger partial charge is 0.118 e. The van der Waals surface area contributed by atoms with E-state index in [-0.39, 0.29) is 5.92 Å². The van der Waals surface area contributed by atoms with Crippen LogP contribution < -0.4 is 10.5 Å². The molecular weight excluding hydrogens is 260 g/mol. The van der Waals surface area contributed by atoms with E-state index in [2.05, 4.69) is 42.2 Å². The Morgan fingerprint density at radius 3 is 2.48 bits per heavy atom. The number of para-hydroxylation sites is 1. The molecule has 0 saturated carbocycles. The number of hydrogen-bond acceptors (Lipinski definition) is 2. The third-order valence-electron chi connectivity index (χ3n) is 4.05. The van der Waals surface area contributed by atoms with Gasteiger partial charge < -0.3 is 15.5 Å². The molecule has 0 fully saturated rings. The number of nitrogens with two attached hydrogens (primary N) is 1. The third-order valence-corrected chi connectivity index (χ3v) is 4.05. The summed E-state index contributed by atoms with van der Waals surface area (Å²) in [5.74, 6) is 1.05. The van der Waals surface area contributed by atoms with Crippen molar-refractivity contribution in [3.05, 3.63) is 65.4 Å². The molecular formula is C18H20N2O. The number of aryl methyl sites for hydroxylation is 1. The average molecular weight is 280 g/mol. The summed E-state index contributed by atoms with van der Waals surface area (Å²) in [7, 11) is 1.68. The second kappa shape index (κ2) is 5.62. The maximum absolute atomic E-state index is 6.08. The molecule has 3 aromatic rings. The van der Waals surface area contributed by atoms with Gasteiger partial charge in [-0.05, 0) is 36.2 Å². The molecule has 108 valence electrons. The molecule has 0 aliphatic rings. The molecule has 1 aromatic heterocycles. The summed E-state index contributed by atoms with van der Waals surface area (Å²) in [5.41, 5.74) is 10.9. The van der Waals surface area contributed by atoms with Crippen molar-refractivity contribution in [3.8, 4) is 5.75 Å². The van der Waals surface area contributed by atoms with Gasteiger partial charge in [0.25, 0.3) is 0 Å². The second-order valence-corrected chi connectivity index (χ2v) is 5.27. The molecule has 2 aromatic carbocycles. The number of H-pyrrole nitrogens is 1. The molecule has 0 unspecified atom stereocenters. The van der Waals surface area contributed by atoms with Crippen LogP contribution in [-0.2, 0) is 0 Å². The van der Waals surface area contributed by atoms with Crippen LogP contribution in [0.5, 0.6) is 5.75 Å². The molecule has 0 saturated heterocycles. The number of ether oxygens (including phenoxy) is 1. The lowest BCUT2D eigenvalue weighted by Crippen LogP contribution is -2.14. The zero-order valence-corrected chi connectivity index (χ0v) is 12.4. The fraction of sp³-hybridized carbons (Fsp3) is 0.222. The Morgan fingerprint density at radius 2 is 1.81 bits per heavy atom. The number of nitrogens with one attached hydrogen (secondary N) is 1. The highest BCUT2D eigenvalue weighted by Gasteiger charge is 2.19. The second-order valence-electron chi connectivity index (χ2n) is 5.27. The van der Waals surface area contributed by atoms with E-state index >= 15 is 0 Å². The van der Waals surface area contributed by atoms with Gasteiger partial charge in [-0.1, -0.05) is 30.3 Å². The van der Waals surface area contributed by atoms with E-state index in [0.717, 1.165) is 11.3 Å². The predicted octanol–water partition coefficient (Wildman–Crippen LogP) is 3.58. The highest BCUT2D eigenvalue weighted by atomic mass is 16.5. The van der Waals surface area contributed by atoms with Gasteiger partial charge in [-0.2, -0.15) is 0 Å². The Labute approximate surface area is 124 Å². The molecule has 3 heteroatoms. The normalized spacial score (nSPS) is 12.5. The number of rotatable bonds is 4. The van der Waals surface area contributed by atoms with Crippen molar-refractivity contribution in [1.29, 1.82) is 0 Å². The first-order chi connectivity index (χ1) is 10.2. The van der Waals surface area contributed by atoms with Gasteiger partial charge in [-0.25, -0.2) is 0 Å². The van der Waals surface area contributed by atoms with Crippen LogP contribution >= 0.6 is 0 Å². The van der Waals surface area contributed by atoms with Gasteiger partial charge in [-0.15, -0.1) is 0 Å². The lowest BCUT2D eigenvalue weighted by molar-refractivity contribution is 0.414. The zero-order chi connectivity index (χ0) is 14.8. The van der Waals surface area contributed by atoms with Crippen LogP contribution in [0.3, 0.4) is 0 Å². The first kappa shape index (κ1) is 13.7. The van der Waals surface area contributed by atoms with Gasteiger partial charge in [0, 0.05) is 29.1 Å². The fourth-order valence-corrected chi connectivity index (χ4v) is 3.00. The van der Waals surface area contributed by atoms with E-state index < -0.39 is 0 Å². The Bertz CT molecular complexity index is 744. The van der Waals surface area contributed by atoms with Gasteiger partial charge in [0.15, 0.2) is 0 Å². The summed E-state index contributed by atoms with van der Waals surface area (Å²) in [6.45, 7) is 2.69. The van der Waals surface area contributed by atoms with Crippen LogP contribution in [0.25, 0.3) is 10.9 Å². The predicted molar refractivity (Wildman–Crippen MR) is 86.9 cm³/mol. The topological polar surface area (TPSA) is 51.0 Å². The van der Waals surface area contributed by atoms with E-state index in [1.165, 1.54) is 22.2 Å². The average Bonchev–Trinajstić information content (AvgIpc) is 2.85. The minimum Gasteiger partial charge on any atom is -0.497 e. The lowest BCUT2D eigenvalue weighted by atomic mass is 9.89. The van der Waals surface area contributed by atoms with Crippen molar-refractivity contribution < 1.29 is 4.74 Å². The van der Waals surface area contributed by atoms with E-state index in [4.69, 9.17) is 10.5 Å². The minimum atomic E-state index is 0.187. The largest absolute Gasteiger partial charge is 0.497 e. The maximum Gasteiger partial charge on any atom is 0.118 e. The first-order valence-electron chi connectivity index (χ1n) is 7.15. The molecule has 0 amide bonds. The fourth-order valence-electron chi connectivity index (χ4n) is 3.00. The Hall–Kier alpha value is -2.26. The molecule has 0 aliphatic heterocycles. The summed E-state index contributed by atoms with van der Waals surface area (Å²) in [5, 5.41) is 1.25. The van der Waals surface area contributed by atoms with Crippen LogP contribution in [0.1, 0.15) is 22.7 Å². The molecule has 1 heterocycles. The molecule has 3 N–H and O–H groups in total. The number of aromatic amines is 1. The first-order valence-corrected chi connectivity index (χ1v) is 7.15. The standard InChI is InChI=1S/C18H20N2O/c1-12-18(15-5-3-4-6-17(15)20-12)16(11-19)13-7-9-14(21-2)10-8-13/h3-10,16,20H,11,19H2,1-2H3/t16-/m1/s1. The Morgan fingerprint density at radius 1 is 1.10 bits per heavy atom. The molecule has 0 bridgehead atoms. The van der Waals surface area contributed by atoms with E-state index in [1.807, 2.05) is 18.2 Å². The summed E-state index contributed by atoms with van der Waals surface area (Å²) in [4.78, 5) is 3.45. The molecule has 0 aliphatic carbocycles. The molecule has 21 heavy (non-hydrogen) atoms. The van der Waals surface area contributed by atoms with Crippen LogP contribution in [0.2, 0.25) is 0 Å². The molecule has 0 spiro atoms. The number of benzene rings is 2. The number of aromatic nitrogens is 1. The van der Waals surface area contributed by atoms with Crippen LogP contribution in [0.15, 0.2) is 48.5 Å². The quantitative estimate of drug-likeness (QED) is 0.767. The SMILES string of the molecule is COc1ccc([C@@H](CN)c2c(C)[nH]c3ccccc23)cc1. The minimum absolute atomic E-state index is 0.187. The highest BCUT2D eigenvalue weighted by molar-refractivity contribution is 5.85. The van der Waals surface area contributed by atoms with Crippen molar-refractivity contribution in [2.45, 2.75) is 12.8 Å². The van der Waals surface area contributed by atoms with Gasteiger partial charge in [0.05, 0.1) is 7.11 Å². The van der Waals surface area contributed by atoms with E-state index in [0.29, 0.717) is 6.54 Å². The van der Waals surface area contributed by atoms with Gasteiger partial charge in [-0.3, -0.25) is 0 Å². The van der Waals surface area contributed by atoms with Crippen molar-refractivity contribution in [2.24, 2.45) is 5.73 Å². The monoisotopic (exact) mass is 280 g/mol. The van der Waals surface area contributed by atoms with E-state index in [9.17, 15) is 0 Å². The van der Waals surface area contributed by atoms with Gasteiger partial charge in [0.1, 0.15) is 5.75 Å². The zero-order valence-electron chi connectivity index (χ0n) is 12.4. The molecule has 3 nitrogen and oxygen atoms in total. The van der Waals surface area contributed by atoms with Crippen molar-refractivity contribution >= 4 is 10.9 Å². The number of hydrogen-bond donors (Lipinski definition) is 2. The summed E-state index contributed by atoms with van der Waals surface area (Å²) in [6.07, 6.45) is 0. The Kier molecular flexibility index (Phi) is 3.67. The van der Waals surface area contributed by atoms with Crippen molar-refractivity contribution in [1.82, 2.24) is 4.98 Å². The molecule has 3 rings (SSSR count). The summed E-state index contributed by atoms with van der Waals surface area (Å²) in [6, 6.07) is 16.5.